The van der Waals surface area contributed by atoms with Gasteiger partial charge in [-0.15, -0.1) is 0 Å². The monoisotopic (exact) mass is 356 g/mol. The van der Waals surface area contributed by atoms with Crippen LogP contribution in [0, 0.1) is 11.8 Å². The van der Waals surface area contributed by atoms with Gasteiger partial charge in [0.2, 0.25) is 15.9 Å². The zero-order valence-corrected chi connectivity index (χ0v) is 14.4. The highest BCUT2D eigenvalue weighted by Gasteiger charge is 2.36. The lowest BCUT2D eigenvalue weighted by molar-refractivity contribution is -0.129. The number of halogens is 1. The Morgan fingerprint density at radius 3 is 2.70 bits per heavy atom. The molecule has 1 heterocycles. The van der Waals surface area contributed by atoms with Crippen LogP contribution < -0.4 is 10.5 Å². The van der Waals surface area contributed by atoms with Gasteiger partial charge in [0.05, 0.1) is 5.02 Å². The predicted molar refractivity (Wildman–Crippen MR) is 88.5 cm³/mol. The van der Waals surface area contributed by atoms with Crippen molar-refractivity contribution in [3.63, 3.8) is 0 Å². The molecular weight excluding hydrogens is 336 g/mol. The molecule has 1 aliphatic heterocycles. The van der Waals surface area contributed by atoms with Gasteiger partial charge in [0.15, 0.2) is 0 Å². The van der Waals surface area contributed by atoms with E-state index in [0.29, 0.717) is 18.4 Å². The van der Waals surface area contributed by atoms with E-state index in [0.717, 1.165) is 18.4 Å². The lowest BCUT2D eigenvalue weighted by Gasteiger charge is -2.39. The molecule has 126 valence electrons. The number of hydrogen-bond acceptors (Lipinski definition) is 3. The first-order valence-corrected chi connectivity index (χ1v) is 9.88. The summed E-state index contributed by atoms with van der Waals surface area (Å²) in [6.45, 7) is 0. The highest BCUT2D eigenvalue weighted by molar-refractivity contribution is 7.89. The maximum atomic E-state index is 12.3. The molecule has 3 atom stereocenters. The van der Waals surface area contributed by atoms with Gasteiger partial charge in [-0.3, -0.25) is 4.79 Å². The van der Waals surface area contributed by atoms with Crippen LogP contribution in [0.15, 0.2) is 23.1 Å². The molecule has 1 aliphatic carbocycles. The Balaban J connectivity index is 1.74. The third-order valence-electron chi connectivity index (χ3n) is 4.98. The largest absolute Gasteiger partial charge is 0.353 e. The van der Waals surface area contributed by atoms with Crippen LogP contribution in [0.25, 0.3) is 0 Å². The van der Waals surface area contributed by atoms with Crippen molar-refractivity contribution in [3.8, 4) is 0 Å². The molecule has 5 nitrogen and oxygen atoms in total. The minimum atomic E-state index is -3.82. The molecular formula is C16H21ClN2O3S. The zero-order valence-electron chi connectivity index (χ0n) is 12.8. The SMILES string of the molecule is NS(=O)(=O)c1ccc(CC2CC3CCCCC3NC2=O)cc1Cl. The van der Waals surface area contributed by atoms with Gasteiger partial charge in [-0.2, -0.15) is 0 Å². The molecule has 7 heteroatoms. The molecule has 0 spiro atoms. The molecule has 3 unspecified atom stereocenters. The number of fused-ring (bicyclic) bond motifs is 1. The fraction of sp³-hybridized carbons (Fsp3) is 0.562. The average molecular weight is 357 g/mol. The van der Waals surface area contributed by atoms with E-state index in [-0.39, 0.29) is 21.7 Å². The van der Waals surface area contributed by atoms with Crippen molar-refractivity contribution in [1.29, 1.82) is 0 Å². The summed E-state index contributed by atoms with van der Waals surface area (Å²) < 4.78 is 22.8. The van der Waals surface area contributed by atoms with E-state index in [4.69, 9.17) is 16.7 Å². The molecule has 1 aromatic carbocycles. The molecule has 2 aliphatic rings. The van der Waals surface area contributed by atoms with Gasteiger partial charge >= 0.3 is 0 Å². The van der Waals surface area contributed by atoms with Crippen molar-refractivity contribution in [2.75, 3.05) is 0 Å². The van der Waals surface area contributed by atoms with E-state index in [1.165, 1.54) is 25.3 Å². The molecule has 3 rings (SSSR count). The van der Waals surface area contributed by atoms with Crippen LogP contribution in [-0.4, -0.2) is 20.4 Å². The lowest BCUT2D eigenvalue weighted by atomic mass is 9.74. The van der Waals surface area contributed by atoms with E-state index in [1.54, 1.807) is 12.1 Å². The van der Waals surface area contributed by atoms with E-state index in [2.05, 4.69) is 5.32 Å². The normalized spacial score (nSPS) is 28.1. The first-order valence-electron chi connectivity index (χ1n) is 7.96. The first-order chi connectivity index (χ1) is 10.8. The molecule has 3 N–H and O–H groups in total. The topological polar surface area (TPSA) is 89.3 Å². The third-order valence-corrected chi connectivity index (χ3v) is 6.37. The van der Waals surface area contributed by atoms with Gasteiger partial charge in [-0.1, -0.05) is 30.5 Å². The first kappa shape index (κ1) is 16.7. The second-order valence-electron chi connectivity index (χ2n) is 6.61. The number of carbonyl (C=O) groups excluding carboxylic acids is 1. The second kappa shape index (κ2) is 6.42. The number of nitrogens with two attached hydrogens (primary N) is 1. The Bertz CT molecular complexity index is 720. The molecule has 23 heavy (non-hydrogen) atoms. The predicted octanol–water partition coefficient (Wildman–Crippen LogP) is 2.22. The van der Waals surface area contributed by atoms with Crippen molar-refractivity contribution in [1.82, 2.24) is 5.32 Å². The number of sulfonamides is 1. The minimum Gasteiger partial charge on any atom is -0.353 e. The standard InChI is InChI=1S/C16H21ClN2O3S/c17-13-8-10(5-6-15(13)23(18,21)22)7-12-9-11-3-1-2-4-14(11)19-16(12)20/h5-6,8,11-12,14H,1-4,7,9H2,(H,19,20)(H2,18,21,22). The summed E-state index contributed by atoms with van der Waals surface area (Å²) in [5, 5.41) is 8.37. The number of primary sulfonamides is 1. The molecule has 1 saturated carbocycles. The molecule has 0 aromatic heterocycles. The number of carbonyl (C=O) groups is 1. The number of nitrogens with one attached hydrogen (secondary N) is 1. The minimum absolute atomic E-state index is 0.0780. The smallest absolute Gasteiger partial charge is 0.239 e. The lowest BCUT2D eigenvalue weighted by Crippen LogP contribution is -2.51. The molecule has 0 bridgehead atoms. The highest BCUT2D eigenvalue weighted by Crippen LogP contribution is 2.35. The van der Waals surface area contributed by atoms with Crippen molar-refractivity contribution in [2.45, 2.75) is 49.5 Å². The fourth-order valence-corrected chi connectivity index (χ4v) is 4.93. The van der Waals surface area contributed by atoms with Gasteiger partial charge in [0.25, 0.3) is 0 Å². The number of piperidine rings is 1. The van der Waals surface area contributed by atoms with Crippen LogP contribution >= 0.6 is 11.6 Å². The van der Waals surface area contributed by atoms with Gasteiger partial charge in [0, 0.05) is 12.0 Å². The summed E-state index contributed by atoms with van der Waals surface area (Å²) in [5.74, 6) is 0.580. The van der Waals surface area contributed by atoms with Crippen LogP contribution in [0.5, 0.6) is 0 Å². The van der Waals surface area contributed by atoms with Crippen LogP contribution in [0.4, 0.5) is 0 Å². The summed E-state index contributed by atoms with van der Waals surface area (Å²) in [5.41, 5.74) is 0.858. The third kappa shape index (κ3) is 3.70. The summed E-state index contributed by atoms with van der Waals surface area (Å²) in [6, 6.07) is 5.03. The summed E-state index contributed by atoms with van der Waals surface area (Å²) in [7, 11) is -3.82. The van der Waals surface area contributed by atoms with E-state index < -0.39 is 10.0 Å². The summed E-state index contributed by atoms with van der Waals surface area (Å²) in [4.78, 5) is 12.2. The number of rotatable bonds is 3. The number of benzene rings is 1. The fourth-order valence-electron chi connectivity index (χ4n) is 3.82. The second-order valence-corrected chi connectivity index (χ2v) is 8.54. The van der Waals surface area contributed by atoms with Gasteiger partial charge in [0.1, 0.15) is 4.90 Å². The number of hydrogen-bond donors (Lipinski definition) is 2. The van der Waals surface area contributed by atoms with Crippen molar-refractivity contribution in [2.24, 2.45) is 17.0 Å². The maximum Gasteiger partial charge on any atom is 0.239 e. The summed E-state index contributed by atoms with van der Waals surface area (Å²) >= 11 is 6.02. The average Bonchev–Trinajstić information content (AvgIpc) is 2.47. The van der Waals surface area contributed by atoms with Crippen LogP contribution in [0.1, 0.15) is 37.7 Å². The Morgan fingerprint density at radius 2 is 2.00 bits per heavy atom. The van der Waals surface area contributed by atoms with E-state index in [1.807, 2.05) is 0 Å². The van der Waals surface area contributed by atoms with E-state index in [9.17, 15) is 13.2 Å². The van der Waals surface area contributed by atoms with Gasteiger partial charge < -0.3 is 5.32 Å². The van der Waals surface area contributed by atoms with Gasteiger partial charge in [-0.25, -0.2) is 13.6 Å². The highest BCUT2D eigenvalue weighted by atomic mass is 35.5. The summed E-state index contributed by atoms with van der Waals surface area (Å²) in [6.07, 6.45) is 6.14. The van der Waals surface area contributed by atoms with Crippen molar-refractivity contribution >= 4 is 27.5 Å². The molecule has 0 radical (unpaired) electrons. The molecule has 1 amide bonds. The quantitative estimate of drug-likeness (QED) is 0.870. The molecule has 1 saturated heterocycles. The van der Waals surface area contributed by atoms with Crippen molar-refractivity contribution in [3.05, 3.63) is 28.8 Å². The van der Waals surface area contributed by atoms with Crippen LogP contribution in [0.2, 0.25) is 5.02 Å². The van der Waals surface area contributed by atoms with Crippen molar-refractivity contribution < 1.29 is 13.2 Å². The maximum absolute atomic E-state index is 12.3. The Morgan fingerprint density at radius 1 is 1.26 bits per heavy atom. The van der Waals surface area contributed by atoms with Crippen LogP contribution in [0.3, 0.4) is 0 Å². The van der Waals surface area contributed by atoms with Crippen LogP contribution in [-0.2, 0) is 21.2 Å². The Labute approximate surface area is 141 Å². The Hall–Kier alpha value is -1.11. The molecule has 1 aromatic rings. The zero-order chi connectivity index (χ0) is 16.6. The molecule has 2 fully saturated rings. The van der Waals surface area contributed by atoms with E-state index >= 15 is 0 Å². The Kier molecular flexibility index (Phi) is 4.67. The number of amides is 1. The van der Waals surface area contributed by atoms with Gasteiger partial charge in [-0.05, 0) is 49.3 Å².